The Kier molecular flexibility index (Phi) is 1.78. The molecule has 0 aromatic heterocycles. The summed E-state index contributed by atoms with van der Waals surface area (Å²) in [6.07, 6.45) is -7.60. The van der Waals surface area contributed by atoms with Crippen LogP contribution < -0.4 is 0 Å². The minimum atomic E-state index is -5.53. The number of ether oxygens (including phenoxy) is 2. The lowest BCUT2D eigenvalue weighted by Gasteiger charge is -2.45. The highest BCUT2D eigenvalue weighted by Crippen LogP contribution is 2.77. The largest absolute Gasteiger partial charge is 0.432 e. The van der Waals surface area contributed by atoms with E-state index >= 15 is 0 Å². The molecule has 5 atom stereocenters. The summed E-state index contributed by atoms with van der Waals surface area (Å²) in [6, 6.07) is 0. The second kappa shape index (κ2) is 2.81. The predicted molar refractivity (Wildman–Crippen MR) is 47.8 cm³/mol. The normalized spacial score (nSPS) is 49.4. The first kappa shape index (κ1) is 12.0. The van der Waals surface area contributed by atoms with Crippen LogP contribution in [0.15, 0.2) is 12.2 Å². The molecule has 2 bridgehead atoms. The molecular weight excluding hydrogens is 278 g/mol. The average molecular weight is 286 g/mol. The summed E-state index contributed by atoms with van der Waals surface area (Å²) < 4.78 is 86.4. The van der Waals surface area contributed by atoms with Gasteiger partial charge in [0.1, 0.15) is 0 Å². The van der Waals surface area contributed by atoms with Gasteiger partial charge < -0.3 is 9.47 Å². The highest BCUT2D eigenvalue weighted by molar-refractivity contribution is 5.33. The molecule has 0 N–H and O–H groups in total. The Morgan fingerprint density at radius 3 is 2.00 bits per heavy atom. The van der Waals surface area contributed by atoms with Crippen LogP contribution in [-0.4, -0.2) is 29.8 Å². The summed E-state index contributed by atoms with van der Waals surface area (Å²) in [5.41, 5.74) is -4.15. The monoisotopic (exact) mass is 286 g/mol. The summed E-state index contributed by atoms with van der Waals surface area (Å²) in [5, 5.41) is 0. The molecule has 2 heterocycles. The molecule has 1 saturated carbocycles. The van der Waals surface area contributed by atoms with Gasteiger partial charge in [-0.25, -0.2) is 0 Å². The number of hydrogen-bond donors (Lipinski definition) is 0. The topological polar surface area (TPSA) is 21.8 Å². The fraction of sp³-hybridized carbons (Fsp3) is 0.818. The Morgan fingerprint density at radius 2 is 1.53 bits per heavy atom. The Hall–Kier alpha value is -0.760. The van der Waals surface area contributed by atoms with Gasteiger partial charge in [0.15, 0.2) is 0 Å². The van der Waals surface area contributed by atoms with Crippen LogP contribution in [0.1, 0.15) is 6.42 Å². The summed E-state index contributed by atoms with van der Waals surface area (Å²) in [7, 11) is 0. The van der Waals surface area contributed by atoms with E-state index in [1.165, 1.54) is 0 Å². The van der Waals surface area contributed by atoms with Gasteiger partial charge in [-0.2, -0.15) is 26.3 Å². The lowest BCUT2D eigenvalue weighted by atomic mass is 9.75. The summed E-state index contributed by atoms with van der Waals surface area (Å²) in [6.45, 7) is 0. The number of hydrogen-bond acceptors (Lipinski definition) is 2. The van der Waals surface area contributed by atoms with Gasteiger partial charge in [-0.3, -0.25) is 0 Å². The molecule has 0 aromatic carbocycles. The van der Waals surface area contributed by atoms with Crippen molar-refractivity contribution in [3.8, 4) is 0 Å². The average Bonchev–Trinajstić information content (AvgIpc) is 2.69. The highest BCUT2D eigenvalue weighted by atomic mass is 19.4. The molecule has 3 fully saturated rings. The number of rotatable bonds is 0. The van der Waals surface area contributed by atoms with Gasteiger partial charge in [-0.1, -0.05) is 12.2 Å². The van der Waals surface area contributed by atoms with E-state index in [4.69, 9.17) is 4.74 Å². The van der Waals surface area contributed by atoms with Crippen molar-refractivity contribution in [3.05, 3.63) is 12.2 Å². The standard InChI is InChI=1S/C11H8F6O2/c12-10(13,14)9(11(15,16)17)8(19-9)6-4-1-2-5(3-4)7(6)18-8/h1-2,4-7H,3H2. The van der Waals surface area contributed by atoms with E-state index in [0.717, 1.165) is 0 Å². The Balaban J connectivity index is 1.74. The molecule has 1 spiro atoms. The van der Waals surface area contributed by atoms with Crippen LogP contribution in [0.5, 0.6) is 0 Å². The van der Waals surface area contributed by atoms with E-state index in [-0.39, 0.29) is 11.8 Å². The van der Waals surface area contributed by atoms with Crippen molar-refractivity contribution >= 4 is 0 Å². The zero-order valence-corrected chi connectivity index (χ0v) is 9.26. The first-order chi connectivity index (χ1) is 8.64. The first-order valence-electron chi connectivity index (χ1n) is 5.84. The van der Waals surface area contributed by atoms with Crippen molar-refractivity contribution in [2.45, 2.75) is 36.3 Å². The van der Waals surface area contributed by atoms with Crippen LogP contribution in [-0.2, 0) is 9.47 Å². The van der Waals surface area contributed by atoms with E-state index in [1.54, 1.807) is 12.2 Å². The third-order valence-corrected chi connectivity index (χ3v) is 4.69. The van der Waals surface area contributed by atoms with Crippen LogP contribution in [0.3, 0.4) is 0 Å². The number of allylic oxidation sites excluding steroid dienone is 1. The molecule has 2 aliphatic heterocycles. The molecule has 106 valence electrons. The molecule has 0 aromatic rings. The van der Waals surface area contributed by atoms with E-state index in [1.807, 2.05) is 0 Å². The summed E-state index contributed by atoms with van der Waals surface area (Å²) in [5.74, 6) is -3.77. The van der Waals surface area contributed by atoms with Crippen LogP contribution >= 0.6 is 0 Å². The van der Waals surface area contributed by atoms with Gasteiger partial charge in [-0.05, 0) is 12.3 Å². The van der Waals surface area contributed by atoms with Gasteiger partial charge in [0.2, 0.25) is 5.79 Å². The van der Waals surface area contributed by atoms with Crippen molar-refractivity contribution in [3.63, 3.8) is 0 Å². The molecular formula is C11H8F6O2. The van der Waals surface area contributed by atoms with Crippen LogP contribution in [0.4, 0.5) is 26.3 Å². The van der Waals surface area contributed by atoms with Crippen LogP contribution in [0, 0.1) is 17.8 Å². The zero-order valence-electron chi connectivity index (χ0n) is 9.26. The molecule has 2 saturated heterocycles. The Bertz CT molecular complexity index is 467. The second-order valence-corrected chi connectivity index (χ2v) is 5.50. The molecule has 8 heteroatoms. The minimum absolute atomic E-state index is 0.0796. The van der Waals surface area contributed by atoms with E-state index in [0.29, 0.717) is 6.42 Å². The third kappa shape index (κ3) is 1.03. The van der Waals surface area contributed by atoms with E-state index < -0.39 is 35.8 Å². The van der Waals surface area contributed by atoms with Crippen molar-refractivity contribution < 1.29 is 35.8 Å². The molecule has 0 amide bonds. The van der Waals surface area contributed by atoms with Gasteiger partial charge >= 0.3 is 18.0 Å². The van der Waals surface area contributed by atoms with Gasteiger partial charge in [-0.15, -0.1) is 0 Å². The maximum atomic E-state index is 12.9. The van der Waals surface area contributed by atoms with Crippen molar-refractivity contribution in [2.24, 2.45) is 17.8 Å². The predicted octanol–water partition coefficient (Wildman–Crippen LogP) is 2.80. The molecule has 4 aliphatic rings. The second-order valence-electron chi connectivity index (χ2n) is 5.50. The first-order valence-corrected chi connectivity index (χ1v) is 5.84. The maximum Gasteiger partial charge on any atom is 0.432 e. The van der Waals surface area contributed by atoms with E-state index in [9.17, 15) is 26.3 Å². The Labute approximate surface area is 103 Å². The van der Waals surface area contributed by atoms with E-state index in [2.05, 4.69) is 4.74 Å². The fourth-order valence-corrected chi connectivity index (χ4v) is 3.93. The van der Waals surface area contributed by atoms with Crippen LogP contribution in [0.2, 0.25) is 0 Å². The molecule has 2 nitrogen and oxygen atoms in total. The van der Waals surface area contributed by atoms with Gasteiger partial charge in [0.05, 0.1) is 12.0 Å². The van der Waals surface area contributed by atoms with Crippen LogP contribution in [0.25, 0.3) is 0 Å². The Morgan fingerprint density at radius 1 is 0.947 bits per heavy atom. The summed E-state index contributed by atoms with van der Waals surface area (Å²) in [4.78, 5) is 0. The lowest BCUT2D eigenvalue weighted by molar-refractivity contribution is -0.319. The third-order valence-electron chi connectivity index (χ3n) is 4.69. The number of epoxide rings is 1. The van der Waals surface area contributed by atoms with Crippen molar-refractivity contribution in [1.29, 1.82) is 0 Å². The highest BCUT2D eigenvalue weighted by Gasteiger charge is 3.01. The molecule has 19 heavy (non-hydrogen) atoms. The summed E-state index contributed by atoms with van der Waals surface area (Å²) >= 11 is 0. The molecule has 0 radical (unpaired) electrons. The SMILES string of the molecule is FC(F)(F)C1(C(F)(F)F)OC12OC1C3C=CC(C3)C12. The number of fused-ring (bicyclic) bond motifs is 6. The van der Waals surface area contributed by atoms with Crippen molar-refractivity contribution in [1.82, 2.24) is 0 Å². The minimum Gasteiger partial charge on any atom is -0.342 e. The molecule has 4 rings (SSSR count). The zero-order chi connectivity index (χ0) is 13.8. The number of alkyl halides is 6. The maximum absolute atomic E-state index is 12.9. The molecule has 2 aliphatic carbocycles. The molecule has 5 unspecified atom stereocenters. The van der Waals surface area contributed by atoms with Gasteiger partial charge in [0, 0.05) is 5.92 Å². The lowest BCUT2D eigenvalue weighted by Crippen LogP contribution is -2.64. The quantitative estimate of drug-likeness (QED) is 0.388. The van der Waals surface area contributed by atoms with Gasteiger partial charge in [0.25, 0.3) is 0 Å². The fourth-order valence-electron chi connectivity index (χ4n) is 3.93. The van der Waals surface area contributed by atoms with Crippen molar-refractivity contribution in [2.75, 3.05) is 0 Å². The smallest absolute Gasteiger partial charge is 0.342 e. The number of halogens is 6.